The second-order valence-electron chi connectivity index (χ2n) is 14.6. The van der Waals surface area contributed by atoms with Gasteiger partial charge in [-0.3, -0.25) is 14.4 Å². The summed E-state index contributed by atoms with van der Waals surface area (Å²) in [6.07, 6.45) is 50.9. The molecule has 6 heteroatoms. The lowest BCUT2D eigenvalue weighted by atomic mass is 10.0. The molecule has 0 aliphatic rings. The summed E-state index contributed by atoms with van der Waals surface area (Å²) < 4.78 is 16.5. The van der Waals surface area contributed by atoms with Gasteiger partial charge in [0.05, 0.1) is 6.42 Å². The van der Waals surface area contributed by atoms with Crippen LogP contribution in [0.3, 0.4) is 0 Å². The van der Waals surface area contributed by atoms with Gasteiger partial charge in [0.1, 0.15) is 13.2 Å². The van der Waals surface area contributed by atoms with E-state index in [9.17, 15) is 14.4 Å². The number of hydrogen-bond donors (Lipinski definition) is 0. The Kier molecular flexibility index (Phi) is 40.6. The first-order chi connectivity index (χ1) is 26.5. The van der Waals surface area contributed by atoms with E-state index in [1.807, 2.05) is 6.08 Å². The van der Waals surface area contributed by atoms with Gasteiger partial charge < -0.3 is 14.2 Å². The summed E-state index contributed by atoms with van der Waals surface area (Å²) in [7, 11) is 0. The van der Waals surface area contributed by atoms with Crippen LogP contribution in [-0.4, -0.2) is 37.2 Å². The molecule has 0 bridgehead atoms. The topological polar surface area (TPSA) is 78.9 Å². The molecule has 0 amide bonds. The lowest BCUT2D eigenvalue weighted by Gasteiger charge is -2.18. The minimum Gasteiger partial charge on any atom is -0.462 e. The van der Waals surface area contributed by atoms with Crippen molar-refractivity contribution in [3.8, 4) is 0 Å². The smallest absolute Gasteiger partial charge is 0.309 e. The summed E-state index contributed by atoms with van der Waals surface area (Å²) in [5, 5.41) is 0. The van der Waals surface area contributed by atoms with Gasteiger partial charge in [-0.25, -0.2) is 0 Å². The Balaban J connectivity index is 4.44. The molecular formula is C48H82O6. The fourth-order valence-electron chi connectivity index (χ4n) is 5.98. The van der Waals surface area contributed by atoms with Crippen LogP contribution >= 0.6 is 0 Å². The van der Waals surface area contributed by atoms with Crippen molar-refractivity contribution in [2.75, 3.05) is 13.2 Å². The van der Waals surface area contributed by atoms with E-state index >= 15 is 0 Å². The van der Waals surface area contributed by atoms with Crippen LogP contribution in [0.25, 0.3) is 0 Å². The Labute approximate surface area is 332 Å². The molecule has 0 rings (SSSR count). The van der Waals surface area contributed by atoms with Gasteiger partial charge in [0.15, 0.2) is 6.10 Å². The van der Waals surface area contributed by atoms with Crippen molar-refractivity contribution < 1.29 is 28.6 Å². The number of rotatable bonds is 39. The maximum atomic E-state index is 12.7. The molecule has 0 aliphatic heterocycles. The van der Waals surface area contributed by atoms with Crippen molar-refractivity contribution >= 4 is 17.9 Å². The zero-order chi connectivity index (χ0) is 39.4. The van der Waals surface area contributed by atoms with Gasteiger partial charge in [0, 0.05) is 12.8 Å². The minimum atomic E-state index is -0.806. The predicted octanol–water partition coefficient (Wildman–Crippen LogP) is 14.1. The summed E-state index contributed by atoms with van der Waals surface area (Å²) >= 11 is 0. The van der Waals surface area contributed by atoms with Crippen LogP contribution in [0, 0.1) is 0 Å². The van der Waals surface area contributed by atoms with Gasteiger partial charge in [-0.1, -0.05) is 204 Å². The second kappa shape index (κ2) is 42.8. The Morgan fingerprint density at radius 2 is 0.722 bits per heavy atom. The first-order valence-electron chi connectivity index (χ1n) is 22.3. The van der Waals surface area contributed by atoms with Crippen LogP contribution in [0.1, 0.15) is 207 Å². The zero-order valence-corrected chi connectivity index (χ0v) is 35.2. The zero-order valence-electron chi connectivity index (χ0n) is 35.2. The molecule has 0 heterocycles. The van der Waals surface area contributed by atoms with Crippen molar-refractivity contribution in [2.45, 2.75) is 213 Å². The van der Waals surface area contributed by atoms with Gasteiger partial charge >= 0.3 is 17.9 Å². The lowest BCUT2D eigenvalue weighted by Crippen LogP contribution is -2.30. The van der Waals surface area contributed by atoms with E-state index in [-0.39, 0.29) is 31.6 Å². The SMILES string of the molecule is CC/C=C\C/C=C\C/C=C\C/C=C\C/C=C\CC(=O)OCC(COC(=O)CCCCCCCCC)OC(=O)CCCCCCCCCCCCCCCC. The summed E-state index contributed by atoms with van der Waals surface area (Å²) in [5.74, 6) is -1.04. The van der Waals surface area contributed by atoms with Crippen LogP contribution in [0.4, 0.5) is 0 Å². The molecule has 0 fully saturated rings. The third-order valence-electron chi connectivity index (χ3n) is 9.32. The average molecular weight is 755 g/mol. The lowest BCUT2D eigenvalue weighted by molar-refractivity contribution is -0.166. The molecule has 0 spiro atoms. The monoisotopic (exact) mass is 755 g/mol. The first-order valence-corrected chi connectivity index (χ1v) is 22.3. The van der Waals surface area contributed by atoms with E-state index in [1.165, 1.54) is 96.3 Å². The number of allylic oxidation sites excluding steroid dienone is 9. The third-order valence-corrected chi connectivity index (χ3v) is 9.32. The Morgan fingerprint density at radius 1 is 0.389 bits per heavy atom. The van der Waals surface area contributed by atoms with E-state index in [1.54, 1.807) is 6.08 Å². The largest absolute Gasteiger partial charge is 0.462 e. The highest BCUT2D eigenvalue weighted by Gasteiger charge is 2.19. The number of hydrogen-bond acceptors (Lipinski definition) is 6. The summed E-state index contributed by atoms with van der Waals surface area (Å²) in [5.41, 5.74) is 0. The van der Waals surface area contributed by atoms with E-state index in [0.717, 1.165) is 70.6 Å². The fourth-order valence-corrected chi connectivity index (χ4v) is 5.98. The second-order valence-corrected chi connectivity index (χ2v) is 14.6. The normalized spacial score (nSPS) is 12.6. The maximum absolute atomic E-state index is 12.7. The van der Waals surface area contributed by atoms with Crippen molar-refractivity contribution in [1.82, 2.24) is 0 Å². The van der Waals surface area contributed by atoms with E-state index in [2.05, 4.69) is 69.4 Å². The molecule has 0 saturated heterocycles. The molecule has 0 aromatic rings. The summed E-state index contributed by atoms with van der Waals surface area (Å²) in [6, 6.07) is 0. The molecule has 0 aromatic carbocycles. The van der Waals surface area contributed by atoms with Crippen molar-refractivity contribution in [2.24, 2.45) is 0 Å². The number of unbranched alkanes of at least 4 members (excludes halogenated alkanes) is 19. The van der Waals surface area contributed by atoms with E-state index < -0.39 is 12.1 Å². The average Bonchev–Trinajstić information content (AvgIpc) is 3.17. The van der Waals surface area contributed by atoms with E-state index in [4.69, 9.17) is 14.2 Å². The first kappa shape index (κ1) is 51.1. The predicted molar refractivity (Wildman–Crippen MR) is 228 cm³/mol. The quantitative estimate of drug-likeness (QED) is 0.0269. The molecule has 6 nitrogen and oxygen atoms in total. The Hall–Kier alpha value is -2.89. The number of carbonyl (C=O) groups excluding carboxylic acids is 3. The molecule has 310 valence electrons. The van der Waals surface area contributed by atoms with Gasteiger partial charge in [-0.05, 0) is 44.9 Å². The van der Waals surface area contributed by atoms with Crippen molar-refractivity contribution in [3.05, 3.63) is 60.8 Å². The molecule has 54 heavy (non-hydrogen) atoms. The van der Waals surface area contributed by atoms with Crippen LogP contribution < -0.4 is 0 Å². The highest BCUT2D eigenvalue weighted by Crippen LogP contribution is 2.14. The van der Waals surface area contributed by atoms with Gasteiger partial charge in [0.2, 0.25) is 0 Å². The molecule has 0 aliphatic carbocycles. The highest BCUT2D eigenvalue weighted by molar-refractivity contribution is 5.72. The molecular weight excluding hydrogens is 673 g/mol. The minimum absolute atomic E-state index is 0.102. The van der Waals surface area contributed by atoms with Crippen LogP contribution in [0.5, 0.6) is 0 Å². The molecule has 0 N–H and O–H groups in total. The molecule has 0 aromatic heterocycles. The van der Waals surface area contributed by atoms with Crippen molar-refractivity contribution in [1.29, 1.82) is 0 Å². The number of ether oxygens (including phenoxy) is 3. The van der Waals surface area contributed by atoms with Gasteiger partial charge in [-0.15, -0.1) is 0 Å². The van der Waals surface area contributed by atoms with Crippen LogP contribution in [0.15, 0.2) is 60.8 Å². The van der Waals surface area contributed by atoms with E-state index in [0.29, 0.717) is 12.8 Å². The third kappa shape index (κ3) is 40.3. The molecule has 0 radical (unpaired) electrons. The van der Waals surface area contributed by atoms with Crippen molar-refractivity contribution in [3.63, 3.8) is 0 Å². The molecule has 1 atom stereocenters. The molecule has 0 saturated carbocycles. The van der Waals surface area contributed by atoms with Gasteiger partial charge in [0.25, 0.3) is 0 Å². The fraction of sp³-hybridized carbons (Fsp3) is 0.729. The number of carbonyl (C=O) groups is 3. The Morgan fingerprint density at radius 3 is 1.13 bits per heavy atom. The van der Waals surface area contributed by atoms with Crippen LogP contribution in [-0.2, 0) is 28.6 Å². The van der Waals surface area contributed by atoms with Gasteiger partial charge in [-0.2, -0.15) is 0 Å². The Bertz CT molecular complexity index is 1010. The molecule has 1 unspecified atom stereocenters. The summed E-state index contributed by atoms with van der Waals surface area (Å²) in [6.45, 7) is 6.38. The maximum Gasteiger partial charge on any atom is 0.309 e. The highest BCUT2D eigenvalue weighted by atomic mass is 16.6. The standard InChI is InChI=1S/C48H82O6/c1-4-7-10-13-16-18-20-22-24-26-27-29-32-35-38-41-47(50)53-44-45(43-52-46(49)40-37-34-31-15-12-9-6-3)54-48(51)42-39-36-33-30-28-25-23-21-19-17-14-11-8-5-2/h7,10,16,18,22,24,27,29,35,38,45H,4-6,8-9,11-15,17,19-21,23,25-26,28,30-34,36-37,39-44H2,1-3H3/b10-7-,18-16-,24-22-,29-27-,38-35-. The summed E-state index contributed by atoms with van der Waals surface area (Å²) in [4.78, 5) is 37.5. The van der Waals surface area contributed by atoms with Crippen LogP contribution in [0.2, 0.25) is 0 Å². The number of esters is 3.